The van der Waals surface area contributed by atoms with Crippen molar-refractivity contribution in [2.75, 3.05) is 6.61 Å². The third kappa shape index (κ3) is 7.62. The lowest BCUT2D eigenvalue weighted by molar-refractivity contribution is -0.142. The summed E-state index contributed by atoms with van der Waals surface area (Å²) >= 11 is 16.2. The molecule has 0 bridgehead atoms. The van der Waals surface area contributed by atoms with Gasteiger partial charge in [0.2, 0.25) is 5.91 Å². The Morgan fingerprint density at radius 1 is 1.09 bits per heavy atom. The Bertz CT molecular complexity index is 964. The van der Waals surface area contributed by atoms with Crippen LogP contribution in [0.3, 0.4) is 0 Å². The second-order valence-electron chi connectivity index (χ2n) is 8.35. The van der Waals surface area contributed by atoms with Gasteiger partial charge in [-0.15, -0.1) is 0 Å². The highest BCUT2D eigenvalue weighted by Gasteiger charge is 2.28. The lowest BCUT2D eigenvalue weighted by Gasteiger charge is -2.30. The number of hydrogen-bond donors (Lipinski definition) is 1. The molecular weight excluding hydrogens is 527 g/mol. The van der Waals surface area contributed by atoms with Gasteiger partial charge in [-0.05, 0) is 71.9 Å². The molecule has 2 amide bonds. The first-order valence-electron chi connectivity index (χ1n) is 11.0. The minimum absolute atomic E-state index is 0.00696. The van der Waals surface area contributed by atoms with Crippen molar-refractivity contribution in [3.63, 3.8) is 0 Å². The fourth-order valence-electron chi connectivity index (χ4n) is 3.12. The fraction of sp³-hybridized carbons (Fsp3) is 0.440. The second kappa shape index (κ2) is 12.6. The molecule has 33 heavy (non-hydrogen) atoms. The molecule has 8 heteroatoms. The summed E-state index contributed by atoms with van der Waals surface area (Å²) in [6.45, 7) is 9.66. The SMILES string of the molecule is CC[C@H](C)NC(=O)[C@H](C)N(Cc1c(Cl)cccc1Cl)C(=O)COc1ccc(C(C)C)cc1Br. The summed E-state index contributed by atoms with van der Waals surface area (Å²) in [6, 6.07) is 10.2. The average Bonchev–Trinajstić information content (AvgIpc) is 2.77. The molecule has 2 rings (SSSR count). The number of ether oxygens (including phenoxy) is 1. The van der Waals surface area contributed by atoms with Crippen LogP contribution in [0.5, 0.6) is 5.75 Å². The maximum Gasteiger partial charge on any atom is 0.261 e. The predicted molar refractivity (Wildman–Crippen MR) is 138 cm³/mol. The summed E-state index contributed by atoms with van der Waals surface area (Å²) in [5, 5.41) is 3.80. The minimum Gasteiger partial charge on any atom is -0.483 e. The standard InChI is InChI=1S/C25H31BrCl2N2O3/c1-6-16(4)29-25(32)17(5)30(13-19-21(27)8-7-9-22(19)28)24(31)14-33-23-11-10-18(15(2)3)12-20(23)26/h7-12,15-17H,6,13-14H2,1-5H3,(H,29,32)/t16-,17-/m0/s1. The summed E-state index contributed by atoms with van der Waals surface area (Å²) in [7, 11) is 0. The number of halogens is 3. The van der Waals surface area contributed by atoms with Crippen molar-refractivity contribution < 1.29 is 14.3 Å². The molecule has 0 aliphatic heterocycles. The number of hydrogen-bond acceptors (Lipinski definition) is 3. The summed E-state index contributed by atoms with van der Waals surface area (Å²) in [6.07, 6.45) is 0.784. The zero-order valence-corrected chi connectivity index (χ0v) is 22.7. The van der Waals surface area contributed by atoms with Crippen LogP contribution in [0.1, 0.15) is 58.1 Å². The molecule has 0 aliphatic rings. The fourth-order valence-corrected chi connectivity index (χ4v) is 4.15. The van der Waals surface area contributed by atoms with E-state index in [1.54, 1.807) is 25.1 Å². The second-order valence-corrected chi connectivity index (χ2v) is 10.0. The Hall–Kier alpha value is -1.76. The molecule has 0 saturated carbocycles. The lowest BCUT2D eigenvalue weighted by atomic mass is 10.0. The van der Waals surface area contributed by atoms with Crippen molar-refractivity contribution in [3.05, 3.63) is 62.0 Å². The molecule has 2 aromatic rings. The van der Waals surface area contributed by atoms with Crippen LogP contribution < -0.4 is 10.1 Å². The zero-order valence-electron chi connectivity index (χ0n) is 19.6. The zero-order chi connectivity index (χ0) is 24.7. The summed E-state index contributed by atoms with van der Waals surface area (Å²) in [4.78, 5) is 27.5. The summed E-state index contributed by atoms with van der Waals surface area (Å²) in [5.41, 5.74) is 1.74. The first kappa shape index (κ1) is 27.5. The molecule has 0 aliphatic carbocycles. The summed E-state index contributed by atoms with van der Waals surface area (Å²) in [5.74, 6) is 0.332. The van der Waals surface area contributed by atoms with E-state index in [9.17, 15) is 9.59 Å². The topological polar surface area (TPSA) is 58.6 Å². The van der Waals surface area contributed by atoms with E-state index in [2.05, 4.69) is 35.1 Å². The predicted octanol–water partition coefficient (Wildman–Crippen LogP) is 6.59. The first-order chi connectivity index (χ1) is 15.5. The van der Waals surface area contributed by atoms with Gasteiger partial charge >= 0.3 is 0 Å². The average molecular weight is 558 g/mol. The molecule has 0 saturated heterocycles. The van der Waals surface area contributed by atoms with Gasteiger partial charge in [0.25, 0.3) is 5.91 Å². The van der Waals surface area contributed by atoms with Crippen molar-refractivity contribution in [2.45, 2.75) is 65.6 Å². The highest BCUT2D eigenvalue weighted by Crippen LogP contribution is 2.30. The third-order valence-electron chi connectivity index (χ3n) is 5.53. The Balaban J connectivity index is 2.24. The van der Waals surface area contributed by atoms with Gasteiger partial charge in [0.1, 0.15) is 11.8 Å². The van der Waals surface area contributed by atoms with Gasteiger partial charge < -0.3 is 15.0 Å². The first-order valence-corrected chi connectivity index (χ1v) is 12.5. The Morgan fingerprint density at radius 3 is 2.27 bits per heavy atom. The molecule has 0 heterocycles. The van der Waals surface area contributed by atoms with E-state index in [1.807, 2.05) is 32.0 Å². The van der Waals surface area contributed by atoms with Gasteiger partial charge in [0.15, 0.2) is 6.61 Å². The van der Waals surface area contributed by atoms with E-state index in [4.69, 9.17) is 27.9 Å². The van der Waals surface area contributed by atoms with Crippen LogP contribution in [-0.2, 0) is 16.1 Å². The van der Waals surface area contributed by atoms with E-state index in [0.29, 0.717) is 27.3 Å². The van der Waals surface area contributed by atoms with Crippen molar-refractivity contribution in [2.24, 2.45) is 0 Å². The molecule has 0 fully saturated rings. The number of amides is 2. The smallest absolute Gasteiger partial charge is 0.261 e. The van der Waals surface area contributed by atoms with Crippen molar-refractivity contribution >= 4 is 50.9 Å². The molecule has 0 radical (unpaired) electrons. The quantitative estimate of drug-likeness (QED) is 0.358. The highest BCUT2D eigenvalue weighted by atomic mass is 79.9. The van der Waals surface area contributed by atoms with E-state index < -0.39 is 6.04 Å². The Kier molecular flexibility index (Phi) is 10.5. The van der Waals surface area contributed by atoms with Gasteiger partial charge in [0.05, 0.1) is 4.47 Å². The van der Waals surface area contributed by atoms with Crippen LogP contribution in [0.25, 0.3) is 0 Å². The highest BCUT2D eigenvalue weighted by molar-refractivity contribution is 9.10. The van der Waals surface area contributed by atoms with Crippen LogP contribution in [0.4, 0.5) is 0 Å². The molecule has 0 unspecified atom stereocenters. The van der Waals surface area contributed by atoms with Crippen molar-refractivity contribution in [1.82, 2.24) is 10.2 Å². The maximum absolute atomic E-state index is 13.3. The van der Waals surface area contributed by atoms with E-state index in [0.717, 1.165) is 16.5 Å². The molecular formula is C25H31BrCl2N2O3. The molecule has 2 aromatic carbocycles. The van der Waals surface area contributed by atoms with Crippen molar-refractivity contribution in [3.8, 4) is 5.75 Å². The number of rotatable bonds is 10. The number of nitrogens with one attached hydrogen (secondary N) is 1. The monoisotopic (exact) mass is 556 g/mol. The molecule has 2 atom stereocenters. The van der Waals surface area contributed by atoms with Gasteiger partial charge in [0, 0.05) is 28.2 Å². The number of carbonyl (C=O) groups is 2. The van der Waals surface area contributed by atoms with E-state index >= 15 is 0 Å². The number of carbonyl (C=O) groups excluding carboxylic acids is 2. The van der Waals surface area contributed by atoms with Gasteiger partial charge in [-0.1, -0.05) is 56.1 Å². The van der Waals surface area contributed by atoms with Crippen LogP contribution in [-0.4, -0.2) is 35.4 Å². The Labute approximate surface area is 214 Å². The minimum atomic E-state index is -0.741. The normalized spacial score (nSPS) is 12.9. The van der Waals surface area contributed by atoms with Crippen LogP contribution in [0.15, 0.2) is 40.9 Å². The number of benzene rings is 2. The van der Waals surface area contributed by atoms with Gasteiger partial charge in [-0.25, -0.2) is 0 Å². The molecule has 0 aromatic heterocycles. The van der Waals surface area contributed by atoms with Crippen molar-refractivity contribution in [1.29, 1.82) is 0 Å². The maximum atomic E-state index is 13.3. The largest absolute Gasteiger partial charge is 0.483 e. The van der Waals surface area contributed by atoms with Gasteiger partial charge in [-0.2, -0.15) is 0 Å². The molecule has 5 nitrogen and oxygen atoms in total. The van der Waals surface area contributed by atoms with Crippen LogP contribution in [0, 0.1) is 0 Å². The van der Waals surface area contributed by atoms with Crippen LogP contribution in [0.2, 0.25) is 10.0 Å². The molecule has 180 valence electrons. The molecule has 1 N–H and O–H groups in total. The summed E-state index contributed by atoms with van der Waals surface area (Å²) < 4.78 is 6.58. The van der Waals surface area contributed by atoms with Crippen LogP contribution >= 0.6 is 39.1 Å². The van der Waals surface area contributed by atoms with E-state index in [-0.39, 0.29) is 31.0 Å². The van der Waals surface area contributed by atoms with Gasteiger partial charge in [-0.3, -0.25) is 9.59 Å². The molecule has 0 spiro atoms. The van der Waals surface area contributed by atoms with E-state index in [1.165, 1.54) is 4.90 Å². The number of nitrogens with zero attached hydrogens (tertiary/aromatic N) is 1. The Morgan fingerprint density at radius 2 is 1.73 bits per heavy atom. The lowest BCUT2D eigenvalue weighted by Crippen LogP contribution is -2.50. The third-order valence-corrected chi connectivity index (χ3v) is 6.86.